The van der Waals surface area contributed by atoms with Crippen LogP contribution in [0, 0.1) is 5.92 Å². The fourth-order valence-corrected chi connectivity index (χ4v) is 3.28. The lowest BCUT2D eigenvalue weighted by Gasteiger charge is -2.24. The molecular formula is C18H22N2O2. The third-order valence-electron chi connectivity index (χ3n) is 4.31. The van der Waals surface area contributed by atoms with Crippen LogP contribution in [0.5, 0.6) is 11.5 Å². The second-order valence-corrected chi connectivity index (χ2v) is 6.08. The number of hydrogen-bond acceptors (Lipinski definition) is 4. The van der Waals surface area contributed by atoms with Crippen LogP contribution in [0.4, 0.5) is 0 Å². The highest BCUT2D eigenvalue weighted by molar-refractivity contribution is 5.41. The van der Waals surface area contributed by atoms with Crippen molar-refractivity contribution in [1.82, 2.24) is 9.88 Å². The van der Waals surface area contributed by atoms with Crippen LogP contribution >= 0.6 is 0 Å². The molecule has 0 amide bonds. The summed E-state index contributed by atoms with van der Waals surface area (Å²) in [7, 11) is 1.58. The Hall–Kier alpha value is -2.07. The Balaban J connectivity index is 1.81. The van der Waals surface area contributed by atoms with E-state index >= 15 is 0 Å². The number of ether oxygens (including phenoxy) is 1. The number of likely N-dealkylation sites (tertiary alicyclic amines) is 1. The number of rotatable bonds is 4. The summed E-state index contributed by atoms with van der Waals surface area (Å²) in [6.45, 7) is 4.21. The number of phenolic OH excluding ortho intramolecular Hbond substituents is 1. The highest BCUT2D eigenvalue weighted by Gasteiger charge is 2.30. The summed E-state index contributed by atoms with van der Waals surface area (Å²) >= 11 is 0. The fourth-order valence-electron chi connectivity index (χ4n) is 3.28. The van der Waals surface area contributed by atoms with Gasteiger partial charge in [0.05, 0.1) is 7.11 Å². The number of aromatic hydroxyl groups is 1. The Labute approximate surface area is 131 Å². The largest absolute Gasteiger partial charge is 0.504 e. The highest BCUT2D eigenvalue weighted by atomic mass is 16.5. The van der Waals surface area contributed by atoms with Crippen LogP contribution in [0.25, 0.3) is 0 Å². The predicted octanol–water partition coefficient (Wildman–Crippen LogP) is 3.38. The summed E-state index contributed by atoms with van der Waals surface area (Å²) in [6, 6.07) is 10.1. The van der Waals surface area contributed by atoms with Gasteiger partial charge in [-0.15, -0.1) is 0 Å². The molecule has 2 aromatic rings. The van der Waals surface area contributed by atoms with E-state index in [1.807, 2.05) is 30.6 Å². The van der Waals surface area contributed by atoms with Crippen LogP contribution in [-0.2, 0) is 6.54 Å². The van der Waals surface area contributed by atoms with E-state index in [4.69, 9.17) is 4.74 Å². The van der Waals surface area contributed by atoms with Crippen LogP contribution < -0.4 is 4.74 Å². The summed E-state index contributed by atoms with van der Waals surface area (Å²) in [5.74, 6) is 1.39. The number of benzene rings is 1. The summed E-state index contributed by atoms with van der Waals surface area (Å²) in [6.07, 6.45) is 4.94. The van der Waals surface area contributed by atoms with E-state index in [0.29, 0.717) is 17.7 Å². The third kappa shape index (κ3) is 3.07. The lowest BCUT2D eigenvalue weighted by atomic mass is 10.0. The summed E-state index contributed by atoms with van der Waals surface area (Å²) in [5.41, 5.74) is 2.43. The quantitative estimate of drug-likeness (QED) is 0.940. The molecule has 1 aliphatic rings. The van der Waals surface area contributed by atoms with Crippen molar-refractivity contribution in [2.24, 2.45) is 5.92 Å². The second-order valence-electron chi connectivity index (χ2n) is 6.08. The molecule has 1 aliphatic heterocycles. The molecule has 0 unspecified atom stereocenters. The van der Waals surface area contributed by atoms with Crippen molar-refractivity contribution in [2.75, 3.05) is 13.7 Å². The Kier molecular flexibility index (Phi) is 4.29. The van der Waals surface area contributed by atoms with Gasteiger partial charge in [-0.25, -0.2) is 0 Å². The van der Waals surface area contributed by atoms with Crippen molar-refractivity contribution in [3.8, 4) is 11.5 Å². The first-order chi connectivity index (χ1) is 10.7. The van der Waals surface area contributed by atoms with Gasteiger partial charge in [0.2, 0.25) is 0 Å². The van der Waals surface area contributed by atoms with Crippen molar-refractivity contribution in [3.05, 3.63) is 53.9 Å². The first kappa shape index (κ1) is 14.9. The fraction of sp³-hybridized carbons (Fsp3) is 0.389. The molecule has 0 radical (unpaired) electrons. The van der Waals surface area contributed by atoms with Crippen molar-refractivity contribution >= 4 is 0 Å². The van der Waals surface area contributed by atoms with E-state index in [1.54, 1.807) is 13.2 Å². The van der Waals surface area contributed by atoms with Gasteiger partial charge in [0.25, 0.3) is 0 Å². The van der Waals surface area contributed by atoms with Gasteiger partial charge in [-0.1, -0.05) is 19.1 Å². The topological polar surface area (TPSA) is 45.6 Å². The average molecular weight is 298 g/mol. The van der Waals surface area contributed by atoms with Gasteiger partial charge in [0.1, 0.15) is 0 Å². The molecule has 1 aromatic carbocycles. The minimum Gasteiger partial charge on any atom is -0.504 e. The molecule has 0 saturated carbocycles. The molecule has 1 fully saturated rings. The van der Waals surface area contributed by atoms with Crippen molar-refractivity contribution in [2.45, 2.75) is 25.9 Å². The molecule has 2 heterocycles. The second kappa shape index (κ2) is 6.36. The minimum atomic E-state index is 0.185. The maximum Gasteiger partial charge on any atom is 0.160 e. The smallest absolute Gasteiger partial charge is 0.160 e. The average Bonchev–Trinajstić information content (AvgIpc) is 2.90. The monoisotopic (exact) mass is 298 g/mol. The number of hydrogen-bond donors (Lipinski definition) is 1. The first-order valence-electron chi connectivity index (χ1n) is 7.67. The van der Waals surface area contributed by atoms with Gasteiger partial charge < -0.3 is 9.84 Å². The summed E-state index contributed by atoms with van der Waals surface area (Å²) in [5, 5.41) is 9.72. The molecule has 2 atom stereocenters. The van der Waals surface area contributed by atoms with Crippen molar-refractivity contribution < 1.29 is 9.84 Å². The molecule has 1 N–H and O–H groups in total. The third-order valence-corrected chi connectivity index (χ3v) is 4.31. The van der Waals surface area contributed by atoms with Crippen LogP contribution in [0.15, 0.2) is 42.7 Å². The zero-order chi connectivity index (χ0) is 15.5. The van der Waals surface area contributed by atoms with Gasteiger partial charge in [-0.2, -0.15) is 0 Å². The number of phenols is 1. The standard InChI is InChI=1S/C18H22N2O2/c1-13-8-16(15-4-3-7-19-10-15)20(11-13)12-14-5-6-17(21)18(9-14)22-2/h3-7,9-10,13,16,21H,8,11-12H2,1-2H3/t13-,16+/m1/s1. The molecular weight excluding hydrogens is 276 g/mol. The predicted molar refractivity (Wildman–Crippen MR) is 85.8 cm³/mol. The lowest BCUT2D eigenvalue weighted by Crippen LogP contribution is -2.23. The van der Waals surface area contributed by atoms with E-state index in [9.17, 15) is 5.11 Å². The Morgan fingerprint density at radius 2 is 2.23 bits per heavy atom. The number of nitrogens with zero attached hydrogens (tertiary/aromatic N) is 2. The highest BCUT2D eigenvalue weighted by Crippen LogP contribution is 2.36. The molecule has 0 spiro atoms. The zero-order valence-electron chi connectivity index (χ0n) is 13.1. The number of aromatic nitrogens is 1. The minimum absolute atomic E-state index is 0.185. The molecule has 0 bridgehead atoms. The molecule has 3 rings (SSSR count). The molecule has 4 nitrogen and oxygen atoms in total. The Morgan fingerprint density at radius 3 is 2.95 bits per heavy atom. The molecule has 22 heavy (non-hydrogen) atoms. The van der Waals surface area contributed by atoms with E-state index < -0.39 is 0 Å². The Bertz CT molecular complexity index is 630. The SMILES string of the molecule is COc1cc(CN2C[C@H](C)C[C@H]2c2cccnc2)ccc1O. The normalized spacial score (nSPS) is 21.9. The van der Waals surface area contributed by atoms with Gasteiger partial charge in [0.15, 0.2) is 11.5 Å². The summed E-state index contributed by atoms with van der Waals surface area (Å²) < 4.78 is 5.20. The molecule has 0 aliphatic carbocycles. The molecule has 1 saturated heterocycles. The maximum atomic E-state index is 9.72. The Morgan fingerprint density at radius 1 is 1.36 bits per heavy atom. The van der Waals surface area contributed by atoms with Crippen molar-refractivity contribution in [1.29, 1.82) is 0 Å². The van der Waals surface area contributed by atoms with Gasteiger partial charge in [-0.05, 0) is 41.7 Å². The maximum absolute atomic E-state index is 9.72. The zero-order valence-corrected chi connectivity index (χ0v) is 13.1. The van der Waals surface area contributed by atoms with Crippen molar-refractivity contribution in [3.63, 3.8) is 0 Å². The van der Waals surface area contributed by atoms with Crippen LogP contribution in [0.1, 0.15) is 30.5 Å². The number of pyridine rings is 1. The van der Waals surface area contributed by atoms with Gasteiger partial charge in [-0.3, -0.25) is 9.88 Å². The van der Waals surface area contributed by atoms with E-state index in [-0.39, 0.29) is 5.75 Å². The van der Waals surface area contributed by atoms with Crippen LogP contribution in [0.3, 0.4) is 0 Å². The van der Waals surface area contributed by atoms with E-state index in [0.717, 1.165) is 25.1 Å². The van der Waals surface area contributed by atoms with Gasteiger partial charge >= 0.3 is 0 Å². The van der Waals surface area contributed by atoms with E-state index in [2.05, 4.69) is 22.9 Å². The molecule has 1 aromatic heterocycles. The van der Waals surface area contributed by atoms with E-state index in [1.165, 1.54) is 5.56 Å². The molecule has 4 heteroatoms. The molecule has 116 valence electrons. The lowest BCUT2D eigenvalue weighted by molar-refractivity contribution is 0.244. The first-order valence-corrected chi connectivity index (χ1v) is 7.67. The van der Waals surface area contributed by atoms with Crippen LogP contribution in [-0.4, -0.2) is 28.6 Å². The number of methoxy groups -OCH3 is 1. The summed E-state index contributed by atoms with van der Waals surface area (Å²) in [4.78, 5) is 6.73. The van der Waals surface area contributed by atoms with Crippen LogP contribution in [0.2, 0.25) is 0 Å². The van der Waals surface area contributed by atoms with Gasteiger partial charge in [0, 0.05) is 31.5 Å².